The second kappa shape index (κ2) is 4.84. The standard InChI is InChI=1S/C16H16BrN3O/c1-16(2,3)20-13-6-7-18-9-12(13)19-15(20)10-4-5-11(17)14(21)8-10/h4-9,21H,1-3H3. The lowest BCUT2D eigenvalue weighted by Gasteiger charge is -2.24. The van der Waals surface area contributed by atoms with Crippen molar-refractivity contribution in [3.8, 4) is 17.1 Å². The second-order valence-electron chi connectivity index (χ2n) is 5.97. The number of halogens is 1. The van der Waals surface area contributed by atoms with Crippen LogP contribution in [0.4, 0.5) is 0 Å². The van der Waals surface area contributed by atoms with Gasteiger partial charge in [-0.05, 0) is 61.0 Å². The normalized spacial score (nSPS) is 12.0. The molecule has 5 heteroatoms. The third-order valence-electron chi connectivity index (χ3n) is 3.33. The van der Waals surface area contributed by atoms with Crippen LogP contribution in [0.5, 0.6) is 5.75 Å². The maximum atomic E-state index is 9.93. The molecule has 0 saturated heterocycles. The molecule has 0 aliphatic rings. The fraction of sp³-hybridized carbons (Fsp3) is 0.250. The van der Waals surface area contributed by atoms with E-state index in [1.807, 2.05) is 18.2 Å². The van der Waals surface area contributed by atoms with Crippen LogP contribution < -0.4 is 0 Å². The summed E-state index contributed by atoms with van der Waals surface area (Å²) in [6.45, 7) is 6.41. The Morgan fingerprint density at radius 2 is 1.95 bits per heavy atom. The molecule has 0 bridgehead atoms. The Morgan fingerprint density at radius 3 is 2.62 bits per heavy atom. The number of hydrogen-bond acceptors (Lipinski definition) is 3. The van der Waals surface area contributed by atoms with E-state index < -0.39 is 0 Å². The van der Waals surface area contributed by atoms with E-state index in [0.29, 0.717) is 4.47 Å². The minimum absolute atomic E-state index is 0.131. The van der Waals surface area contributed by atoms with Crippen LogP contribution in [0.3, 0.4) is 0 Å². The van der Waals surface area contributed by atoms with Crippen LogP contribution in [-0.4, -0.2) is 19.6 Å². The number of nitrogens with zero attached hydrogens (tertiary/aromatic N) is 3. The van der Waals surface area contributed by atoms with Gasteiger partial charge in [0, 0.05) is 17.3 Å². The Kier molecular flexibility index (Phi) is 3.24. The van der Waals surface area contributed by atoms with E-state index in [1.54, 1.807) is 18.5 Å². The molecule has 0 radical (unpaired) electrons. The van der Waals surface area contributed by atoms with E-state index in [0.717, 1.165) is 22.4 Å². The van der Waals surface area contributed by atoms with Crippen LogP contribution in [-0.2, 0) is 5.54 Å². The number of phenolic OH excluding ortho intramolecular Hbond substituents is 1. The van der Waals surface area contributed by atoms with Gasteiger partial charge in [0.2, 0.25) is 0 Å². The largest absolute Gasteiger partial charge is 0.507 e. The summed E-state index contributed by atoms with van der Waals surface area (Å²) in [6.07, 6.45) is 3.54. The third kappa shape index (κ3) is 2.42. The molecule has 0 fully saturated rings. The quantitative estimate of drug-likeness (QED) is 0.714. The zero-order valence-corrected chi connectivity index (χ0v) is 13.7. The smallest absolute Gasteiger partial charge is 0.141 e. The first kappa shape index (κ1) is 14.1. The van der Waals surface area contributed by atoms with Crippen molar-refractivity contribution in [1.29, 1.82) is 0 Å². The van der Waals surface area contributed by atoms with Crippen molar-refractivity contribution >= 4 is 27.0 Å². The highest BCUT2D eigenvalue weighted by atomic mass is 79.9. The summed E-state index contributed by atoms with van der Waals surface area (Å²) in [4.78, 5) is 8.84. The van der Waals surface area contributed by atoms with E-state index >= 15 is 0 Å². The van der Waals surface area contributed by atoms with Crippen LogP contribution in [0.25, 0.3) is 22.4 Å². The number of aromatic nitrogens is 3. The first-order valence-corrected chi connectivity index (χ1v) is 7.49. The SMILES string of the molecule is CC(C)(C)n1c(-c2ccc(Br)c(O)c2)nc2cnccc21. The molecule has 0 saturated carbocycles. The molecule has 0 unspecified atom stereocenters. The van der Waals surface area contributed by atoms with E-state index in [1.165, 1.54) is 0 Å². The molecule has 1 N–H and O–H groups in total. The highest BCUT2D eigenvalue weighted by molar-refractivity contribution is 9.10. The van der Waals surface area contributed by atoms with E-state index in [-0.39, 0.29) is 11.3 Å². The summed E-state index contributed by atoms with van der Waals surface area (Å²) in [5.41, 5.74) is 2.63. The van der Waals surface area contributed by atoms with Crippen molar-refractivity contribution < 1.29 is 5.11 Å². The maximum Gasteiger partial charge on any atom is 0.141 e. The lowest BCUT2D eigenvalue weighted by molar-refractivity contribution is 0.413. The average molecular weight is 346 g/mol. The molecule has 0 spiro atoms. The molecule has 2 aromatic heterocycles. The topological polar surface area (TPSA) is 50.9 Å². The summed E-state index contributed by atoms with van der Waals surface area (Å²) in [6, 6.07) is 7.46. The van der Waals surface area contributed by atoms with Gasteiger partial charge < -0.3 is 9.67 Å². The molecular formula is C16H16BrN3O. The van der Waals surface area contributed by atoms with Gasteiger partial charge in [0.15, 0.2) is 0 Å². The first-order chi connectivity index (χ1) is 9.88. The van der Waals surface area contributed by atoms with Gasteiger partial charge in [-0.2, -0.15) is 0 Å². The number of aromatic hydroxyl groups is 1. The van der Waals surface area contributed by atoms with Crippen molar-refractivity contribution in [2.24, 2.45) is 0 Å². The van der Waals surface area contributed by atoms with E-state index in [4.69, 9.17) is 4.98 Å². The van der Waals surface area contributed by atoms with Gasteiger partial charge in [-0.3, -0.25) is 4.98 Å². The number of phenols is 1. The van der Waals surface area contributed by atoms with Crippen molar-refractivity contribution in [3.63, 3.8) is 0 Å². The average Bonchev–Trinajstić information content (AvgIpc) is 2.81. The predicted molar refractivity (Wildman–Crippen MR) is 87.3 cm³/mol. The molecule has 0 amide bonds. The summed E-state index contributed by atoms with van der Waals surface area (Å²) >= 11 is 3.31. The van der Waals surface area contributed by atoms with Gasteiger partial charge in [-0.15, -0.1) is 0 Å². The Bertz CT molecular complexity index is 818. The molecule has 108 valence electrons. The number of hydrogen-bond donors (Lipinski definition) is 1. The number of fused-ring (bicyclic) bond motifs is 1. The van der Waals surface area contributed by atoms with Gasteiger partial charge >= 0.3 is 0 Å². The molecule has 21 heavy (non-hydrogen) atoms. The minimum atomic E-state index is -0.131. The fourth-order valence-corrected chi connectivity index (χ4v) is 2.70. The lowest BCUT2D eigenvalue weighted by Crippen LogP contribution is -2.22. The van der Waals surface area contributed by atoms with Gasteiger partial charge in [0.1, 0.15) is 17.1 Å². The Labute approximate surface area is 131 Å². The van der Waals surface area contributed by atoms with Crippen molar-refractivity contribution in [1.82, 2.24) is 14.5 Å². The molecule has 2 heterocycles. The number of imidazole rings is 1. The monoisotopic (exact) mass is 345 g/mol. The minimum Gasteiger partial charge on any atom is -0.507 e. The van der Waals surface area contributed by atoms with E-state index in [2.05, 4.69) is 46.3 Å². The molecular weight excluding hydrogens is 330 g/mol. The van der Waals surface area contributed by atoms with Crippen LogP contribution in [0.1, 0.15) is 20.8 Å². The Hall–Kier alpha value is -1.88. The zero-order chi connectivity index (χ0) is 15.2. The molecule has 4 nitrogen and oxygen atoms in total. The summed E-state index contributed by atoms with van der Waals surface area (Å²) in [7, 11) is 0. The fourth-order valence-electron chi connectivity index (χ4n) is 2.46. The number of rotatable bonds is 1. The molecule has 1 aromatic carbocycles. The van der Waals surface area contributed by atoms with Crippen LogP contribution in [0.2, 0.25) is 0 Å². The highest BCUT2D eigenvalue weighted by Gasteiger charge is 2.22. The lowest BCUT2D eigenvalue weighted by atomic mass is 10.1. The zero-order valence-electron chi connectivity index (χ0n) is 12.1. The molecule has 0 atom stereocenters. The molecule has 0 aliphatic carbocycles. The molecule has 3 rings (SSSR count). The third-order valence-corrected chi connectivity index (χ3v) is 4.00. The van der Waals surface area contributed by atoms with Gasteiger partial charge in [0.25, 0.3) is 0 Å². The second-order valence-corrected chi connectivity index (χ2v) is 6.83. The number of benzene rings is 1. The summed E-state index contributed by atoms with van der Waals surface area (Å²) < 4.78 is 2.85. The van der Waals surface area contributed by atoms with Crippen molar-refractivity contribution in [2.75, 3.05) is 0 Å². The highest BCUT2D eigenvalue weighted by Crippen LogP contribution is 2.34. The number of pyridine rings is 1. The molecule has 0 aliphatic heterocycles. The van der Waals surface area contributed by atoms with Gasteiger partial charge in [-0.1, -0.05) is 0 Å². The van der Waals surface area contributed by atoms with Crippen LogP contribution in [0, 0.1) is 0 Å². The first-order valence-electron chi connectivity index (χ1n) is 6.70. The van der Waals surface area contributed by atoms with Crippen molar-refractivity contribution in [2.45, 2.75) is 26.3 Å². The summed E-state index contributed by atoms with van der Waals surface area (Å²) in [5, 5.41) is 9.93. The van der Waals surface area contributed by atoms with Crippen molar-refractivity contribution in [3.05, 3.63) is 41.1 Å². The summed E-state index contributed by atoms with van der Waals surface area (Å²) in [5.74, 6) is 1.03. The Balaban J connectivity index is 2.33. The maximum absolute atomic E-state index is 9.93. The molecule has 3 aromatic rings. The Morgan fingerprint density at radius 1 is 1.19 bits per heavy atom. The predicted octanol–water partition coefficient (Wildman–Crippen LogP) is 4.32. The van der Waals surface area contributed by atoms with Gasteiger partial charge in [-0.25, -0.2) is 4.98 Å². The van der Waals surface area contributed by atoms with Crippen LogP contribution in [0.15, 0.2) is 41.1 Å². The van der Waals surface area contributed by atoms with E-state index in [9.17, 15) is 5.11 Å². The van der Waals surface area contributed by atoms with Crippen LogP contribution >= 0.6 is 15.9 Å². The van der Waals surface area contributed by atoms with Gasteiger partial charge in [0.05, 0.1) is 16.2 Å².